The summed E-state index contributed by atoms with van der Waals surface area (Å²) in [6.07, 6.45) is 0.0563. The Morgan fingerprint density at radius 1 is 1.02 bits per heavy atom. The molecule has 0 radical (unpaired) electrons. The summed E-state index contributed by atoms with van der Waals surface area (Å²) in [4.78, 5) is 44.6. The van der Waals surface area contributed by atoms with E-state index in [-0.39, 0.29) is 11.6 Å². The molecule has 2 heterocycles. The number of ether oxygens (including phenoxy) is 1. The van der Waals surface area contributed by atoms with Crippen molar-refractivity contribution < 1.29 is 19.1 Å². The summed E-state index contributed by atoms with van der Waals surface area (Å²) in [5.74, 6) is -0.319. The van der Waals surface area contributed by atoms with Gasteiger partial charge in [0.05, 0.1) is 5.69 Å². The van der Waals surface area contributed by atoms with Crippen LogP contribution in [0.5, 0.6) is 0 Å². The monoisotopic (exact) mass is 594 g/mol. The van der Waals surface area contributed by atoms with Crippen LogP contribution in [0.4, 0.5) is 4.79 Å². The minimum atomic E-state index is -1.12. The maximum Gasteiger partial charge on any atom is 0.411 e. The normalized spacial score (nSPS) is 16.9. The molecule has 1 atom stereocenters. The second-order valence-corrected chi connectivity index (χ2v) is 12.3. The highest BCUT2D eigenvalue weighted by atomic mass is 16.6. The first kappa shape index (κ1) is 30.6. The first-order valence-electron chi connectivity index (χ1n) is 14.6. The van der Waals surface area contributed by atoms with Crippen molar-refractivity contribution >= 4 is 17.8 Å². The topological polar surface area (TPSA) is 132 Å². The van der Waals surface area contributed by atoms with E-state index < -0.39 is 23.1 Å². The van der Waals surface area contributed by atoms with Gasteiger partial charge in [0.15, 0.2) is 5.78 Å². The number of carbonyl (C=O) groups excluding carboxylic acids is 3. The zero-order valence-corrected chi connectivity index (χ0v) is 25.8. The number of ketones is 1. The minimum absolute atomic E-state index is 0.0346. The van der Waals surface area contributed by atoms with E-state index >= 15 is 0 Å². The fraction of sp³-hybridized carbons (Fsp3) is 0.324. The maximum absolute atomic E-state index is 14.2. The fourth-order valence-electron chi connectivity index (χ4n) is 5.48. The van der Waals surface area contributed by atoms with Crippen molar-refractivity contribution in [2.45, 2.75) is 52.2 Å². The summed E-state index contributed by atoms with van der Waals surface area (Å²) < 4.78 is 7.25. The number of piperazine rings is 1. The van der Waals surface area contributed by atoms with Gasteiger partial charge in [-0.05, 0) is 81.5 Å². The molecule has 1 aliphatic heterocycles. The van der Waals surface area contributed by atoms with Crippen LogP contribution in [0, 0.1) is 6.92 Å². The zero-order chi connectivity index (χ0) is 31.6. The van der Waals surface area contributed by atoms with Crippen molar-refractivity contribution in [2.24, 2.45) is 5.73 Å². The largest absolute Gasteiger partial charge is 0.444 e. The number of aromatic nitrogens is 3. The Morgan fingerprint density at radius 2 is 1.73 bits per heavy atom. The fourth-order valence-corrected chi connectivity index (χ4v) is 5.48. The van der Waals surface area contributed by atoms with E-state index in [0.717, 1.165) is 27.9 Å². The molecule has 4 aromatic rings. The second-order valence-electron chi connectivity index (χ2n) is 12.3. The van der Waals surface area contributed by atoms with Gasteiger partial charge in [-0.15, -0.1) is 5.10 Å². The summed E-state index contributed by atoms with van der Waals surface area (Å²) in [6.45, 7) is 10.3. The van der Waals surface area contributed by atoms with Crippen LogP contribution < -0.4 is 11.1 Å². The zero-order valence-electron chi connectivity index (χ0n) is 25.8. The first-order chi connectivity index (χ1) is 20.9. The highest BCUT2D eigenvalue weighted by Crippen LogP contribution is 2.31. The van der Waals surface area contributed by atoms with Crippen LogP contribution in [0.1, 0.15) is 65.6 Å². The Hall–Kier alpha value is -4.83. The number of benzene rings is 3. The molecule has 1 saturated heterocycles. The number of nitrogens with one attached hydrogen (secondary N) is 1. The van der Waals surface area contributed by atoms with Crippen molar-refractivity contribution in [1.82, 2.24) is 25.0 Å². The molecular formula is C34H38N6O4. The van der Waals surface area contributed by atoms with Crippen molar-refractivity contribution in [3.8, 4) is 16.8 Å². The predicted octanol–water partition coefficient (Wildman–Crippen LogP) is 4.71. The van der Waals surface area contributed by atoms with E-state index in [4.69, 9.17) is 10.5 Å². The smallest absolute Gasteiger partial charge is 0.411 e. The van der Waals surface area contributed by atoms with Gasteiger partial charge < -0.3 is 15.8 Å². The summed E-state index contributed by atoms with van der Waals surface area (Å²) >= 11 is 0. The molecule has 0 aliphatic carbocycles. The van der Waals surface area contributed by atoms with Gasteiger partial charge in [0, 0.05) is 25.2 Å². The van der Waals surface area contributed by atoms with Gasteiger partial charge in [-0.1, -0.05) is 54.6 Å². The number of hydrogen-bond donors (Lipinski definition) is 2. The van der Waals surface area contributed by atoms with Crippen LogP contribution in [0.25, 0.3) is 16.8 Å². The molecule has 10 heteroatoms. The molecule has 44 heavy (non-hydrogen) atoms. The lowest BCUT2D eigenvalue weighted by Crippen LogP contribution is -2.65. The molecule has 1 aromatic heterocycles. The molecule has 1 aliphatic rings. The van der Waals surface area contributed by atoms with Crippen molar-refractivity contribution in [2.75, 3.05) is 19.6 Å². The third-order valence-electron chi connectivity index (χ3n) is 7.70. The number of primary amides is 1. The van der Waals surface area contributed by atoms with Crippen molar-refractivity contribution in [1.29, 1.82) is 0 Å². The van der Waals surface area contributed by atoms with Crippen LogP contribution in [0.15, 0.2) is 72.8 Å². The Bertz CT molecular complexity index is 1690. The SMILES string of the molecule is Cc1nc(C(N)=O)nn1-c1ccc(Cc2cc(C(=O)C3(C)CNCCN3C(=O)OC(C)(C)C)ccc2-c2ccccc2)cc1. The average molecular weight is 595 g/mol. The molecule has 5 rings (SSSR count). The van der Waals surface area contributed by atoms with E-state index in [1.165, 1.54) is 0 Å². The van der Waals surface area contributed by atoms with Crippen LogP contribution in [-0.2, 0) is 11.2 Å². The summed E-state index contributed by atoms with van der Waals surface area (Å²) in [5, 5.41) is 7.51. The number of aryl methyl sites for hydroxylation is 1. The molecular weight excluding hydrogens is 556 g/mol. The molecule has 228 valence electrons. The molecule has 3 aromatic carbocycles. The number of nitrogens with zero attached hydrogens (tertiary/aromatic N) is 4. The van der Waals surface area contributed by atoms with Crippen LogP contribution >= 0.6 is 0 Å². The lowest BCUT2D eigenvalue weighted by atomic mass is 9.85. The third kappa shape index (κ3) is 6.40. The van der Waals surface area contributed by atoms with Gasteiger partial charge in [0.1, 0.15) is 17.0 Å². The summed E-state index contributed by atoms with van der Waals surface area (Å²) in [5.41, 5.74) is 8.87. The highest BCUT2D eigenvalue weighted by molar-refractivity contribution is 6.05. The first-order valence-corrected chi connectivity index (χ1v) is 14.6. The average Bonchev–Trinajstić information content (AvgIpc) is 3.38. The second kappa shape index (κ2) is 12.0. The number of carbonyl (C=O) groups is 3. The number of amides is 2. The van der Waals surface area contributed by atoms with E-state index in [1.807, 2.05) is 93.6 Å². The minimum Gasteiger partial charge on any atom is -0.444 e. The highest BCUT2D eigenvalue weighted by Gasteiger charge is 2.45. The predicted molar refractivity (Wildman–Crippen MR) is 168 cm³/mol. The van der Waals surface area contributed by atoms with Crippen LogP contribution in [-0.4, -0.2) is 68.2 Å². The third-order valence-corrected chi connectivity index (χ3v) is 7.70. The number of Topliss-reactive ketones (excluding diaryl/α,β-unsaturated/α-hetero) is 1. The Labute approximate surface area is 257 Å². The van der Waals surface area contributed by atoms with Gasteiger partial charge in [0.2, 0.25) is 5.82 Å². The molecule has 3 N–H and O–H groups in total. The molecule has 2 amide bonds. The standard InChI is InChI=1S/C34H38N6O4/c1-22-37-31(30(35)42)38-40(22)27-14-11-23(12-15-27)19-26-20-25(13-16-28(26)24-9-7-6-8-10-24)29(41)34(5)21-36-17-18-39(34)32(43)44-33(2,3)4/h6-16,20,36H,17-19,21H2,1-5H3,(H2,35,42). The molecule has 1 unspecified atom stereocenters. The molecule has 0 bridgehead atoms. The van der Waals surface area contributed by atoms with E-state index in [2.05, 4.69) is 15.4 Å². The summed E-state index contributed by atoms with van der Waals surface area (Å²) in [6, 6.07) is 23.6. The summed E-state index contributed by atoms with van der Waals surface area (Å²) in [7, 11) is 0. The lowest BCUT2D eigenvalue weighted by molar-refractivity contribution is -0.00372. The van der Waals surface area contributed by atoms with Gasteiger partial charge in [-0.2, -0.15) is 0 Å². The number of hydrogen-bond acceptors (Lipinski definition) is 7. The van der Waals surface area contributed by atoms with Gasteiger partial charge >= 0.3 is 6.09 Å². The van der Waals surface area contributed by atoms with E-state index in [9.17, 15) is 14.4 Å². The van der Waals surface area contributed by atoms with E-state index in [1.54, 1.807) is 23.4 Å². The Kier molecular flexibility index (Phi) is 8.38. The van der Waals surface area contributed by atoms with Gasteiger partial charge in [-0.3, -0.25) is 14.5 Å². The maximum atomic E-state index is 14.2. The van der Waals surface area contributed by atoms with Crippen molar-refractivity contribution in [3.05, 3.63) is 101 Å². The van der Waals surface area contributed by atoms with E-state index in [0.29, 0.717) is 37.4 Å². The Morgan fingerprint density at radius 3 is 2.36 bits per heavy atom. The van der Waals surface area contributed by atoms with Crippen LogP contribution in [0.2, 0.25) is 0 Å². The molecule has 0 spiro atoms. The molecule has 0 saturated carbocycles. The number of nitrogens with two attached hydrogens (primary N) is 1. The van der Waals surface area contributed by atoms with Crippen LogP contribution in [0.3, 0.4) is 0 Å². The van der Waals surface area contributed by atoms with Gasteiger partial charge in [0.25, 0.3) is 5.91 Å². The Balaban J connectivity index is 1.48. The molecule has 1 fully saturated rings. The lowest BCUT2D eigenvalue weighted by Gasteiger charge is -2.44. The number of rotatable bonds is 7. The van der Waals surface area contributed by atoms with Gasteiger partial charge in [-0.25, -0.2) is 14.5 Å². The quantitative estimate of drug-likeness (QED) is 0.296. The molecule has 10 nitrogen and oxygen atoms in total. The van der Waals surface area contributed by atoms with Crippen molar-refractivity contribution in [3.63, 3.8) is 0 Å².